The highest BCUT2D eigenvalue weighted by atomic mass is 32.3. The second-order valence-electron chi connectivity index (χ2n) is 8.50. The maximum absolute atomic E-state index is 11.0. The molecule has 0 fully saturated rings. The lowest BCUT2D eigenvalue weighted by molar-refractivity contribution is 0.224. The van der Waals surface area contributed by atoms with E-state index in [1.807, 2.05) is 0 Å². The van der Waals surface area contributed by atoms with Gasteiger partial charge < -0.3 is 9.76 Å². The van der Waals surface area contributed by atoms with E-state index in [4.69, 9.17) is 0 Å². The Hall–Kier alpha value is -2.65. The number of nitrogens with zero attached hydrogens (tertiary/aromatic N) is 1. The van der Waals surface area contributed by atoms with Gasteiger partial charge in [0.15, 0.2) is 0 Å². The van der Waals surface area contributed by atoms with E-state index in [1.54, 1.807) is 60.7 Å². The average molecular weight is 544 g/mol. The highest BCUT2D eigenvalue weighted by Gasteiger charge is 2.24. The number of hydrogen-bond donors (Lipinski definition) is 1. The molecule has 0 spiro atoms. The second kappa shape index (κ2) is 17.0. The van der Waals surface area contributed by atoms with Gasteiger partial charge in [0.2, 0.25) is 10.4 Å². The Kier molecular flexibility index (Phi) is 14.0. The second-order valence-corrected chi connectivity index (χ2v) is 11.8. The molecule has 0 saturated carbocycles. The molecule has 1 atom stereocenters. The van der Waals surface area contributed by atoms with Crippen molar-refractivity contribution in [2.75, 3.05) is 11.5 Å². The van der Waals surface area contributed by atoms with Gasteiger partial charge in [0.1, 0.15) is 29.1 Å². The summed E-state index contributed by atoms with van der Waals surface area (Å²) >= 11 is 0. The molecule has 0 radical (unpaired) electrons. The minimum absolute atomic E-state index is 0.0683. The van der Waals surface area contributed by atoms with Gasteiger partial charge in [-0.05, 0) is 29.3 Å². The van der Waals surface area contributed by atoms with Gasteiger partial charge in [-0.3, -0.25) is 4.18 Å². The fraction of sp³-hybridized carbons (Fsp3) is 0.345. The molecule has 6 nitrogen and oxygen atoms in total. The van der Waals surface area contributed by atoms with Gasteiger partial charge in [0.25, 0.3) is 0 Å². The van der Waals surface area contributed by atoms with Crippen LogP contribution < -0.4 is 0 Å². The average Bonchev–Trinajstić information content (AvgIpc) is 2.91. The van der Waals surface area contributed by atoms with Crippen LogP contribution in [0.25, 0.3) is 0 Å². The maximum atomic E-state index is 11.0. The summed E-state index contributed by atoms with van der Waals surface area (Å²) in [5.74, 6) is 4.18. The fourth-order valence-corrected chi connectivity index (χ4v) is 6.62. The van der Waals surface area contributed by atoms with Crippen LogP contribution in [-0.2, 0) is 31.2 Å². The van der Waals surface area contributed by atoms with Crippen LogP contribution in [0.3, 0.4) is 0 Å². The third kappa shape index (κ3) is 12.0. The monoisotopic (exact) mass is 543 g/mol. The van der Waals surface area contributed by atoms with Crippen molar-refractivity contribution >= 4 is 27.0 Å². The molecule has 1 unspecified atom stereocenters. The molecule has 0 amide bonds. The van der Waals surface area contributed by atoms with Crippen LogP contribution in [0.5, 0.6) is 0 Å². The Balaban J connectivity index is 0.000000271. The van der Waals surface area contributed by atoms with Crippen molar-refractivity contribution in [2.45, 2.75) is 51.4 Å². The summed E-state index contributed by atoms with van der Waals surface area (Å²) in [6.07, 6.45) is 4.16. The van der Waals surface area contributed by atoms with Crippen LogP contribution in [-0.4, -0.2) is 35.4 Å². The molecule has 8 heteroatoms. The fourth-order valence-electron chi connectivity index (χ4n) is 3.63. The van der Waals surface area contributed by atoms with Gasteiger partial charge in [-0.2, -0.15) is 0 Å². The van der Waals surface area contributed by atoms with Crippen LogP contribution >= 0.6 is 0 Å². The third-order valence-electron chi connectivity index (χ3n) is 5.53. The van der Waals surface area contributed by atoms with E-state index >= 15 is 0 Å². The summed E-state index contributed by atoms with van der Waals surface area (Å²) in [6.45, 7) is 4.59. The van der Waals surface area contributed by atoms with Crippen molar-refractivity contribution in [1.29, 1.82) is 0 Å². The number of rotatable bonds is 13. The predicted octanol–water partition coefficient (Wildman–Crippen LogP) is 6.49. The smallest absolute Gasteiger partial charge is 0.218 e. The standard InChI is InChI=1S/C15H25S.C14H13NO5S/c1-3-5-12-16(13-6-4-2)14-15-10-8-7-9-11-15;16-15-13(11-7-3-1-4-8-11)14(20-21(17,18)19)12-9-5-2-6-10-12/h7-11H,3-6,12-14H2,1-2H3;1-10,14,16H,(H,17,18,19)/q+1;/p-1/b;15-13-. The van der Waals surface area contributed by atoms with Crippen LogP contribution in [0, 0.1) is 0 Å². The zero-order valence-electron chi connectivity index (χ0n) is 21.5. The Morgan fingerprint density at radius 1 is 0.865 bits per heavy atom. The molecule has 0 saturated heterocycles. The van der Waals surface area contributed by atoms with Gasteiger partial charge in [-0.15, -0.1) is 0 Å². The summed E-state index contributed by atoms with van der Waals surface area (Å²) in [4.78, 5) is 0. The predicted molar refractivity (Wildman–Crippen MR) is 152 cm³/mol. The van der Waals surface area contributed by atoms with Gasteiger partial charge in [-0.25, -0.2) is 8.42 Å². The topological polar surface area (TPSA) is 99.0 Å². The summed E-state index contributed by atoms with van der Waals surface area (Å²) in [5, 5.41) is 12.3. The molecule has 3 aromatic carbocycles. The van der Waals surface area contributed by atoms with E-state index in [0.717, 1.165) is 0 Å². The first-order valence-electron chi connectivity index (χ1n) is 12.5. The summed E-state index contributed by atoms with van der Waals surface area (Å²) in [7, 11) is -4.35. The van der Waals surface area contributed by atoms with Crippen LogP contribution in [0.15, 0.2) is 96.2 Å². The lowest BCUT2D eigenvalue weighted by Crippen LogP contribution is -2.21. The SMILES string of the molecule is CCCC[S+](CCCC)Cc1ccccc1.O=S(=O)([O-])OC(/C(=N\O)c1ccccc1)c1ccccc1. The minimum atomic E-state index is -4.98. The molecular weight excluding hydrogens is 506 g/mol. The van der Waals surface area contributed by atoms with Crippen molar-refractivity contribution in [3.8, 4) is 0 Å². The Morgan fingerprint density at radius 2 is 1.35 bits per heavy atom. The Bertz CT molecular complexity index is 1130. The largest absolute Gasteiger partial charge is 0.725 e. The van der Waals surface area contributed by atoms with Gasteiger partial charge in [-0.1, -0.05) is 123 Å². The highest BCUT2D eigenvalue weighted by Crippen LogP contribution is 2.24. The summed E-state index contributed by atoms with van der Waals surface area (Å²) in [6, 6.07) is 27.5. The molecule has 0 aliphatic rings. The van der Waals surface area contributed by atoms with Crippen LogP contribution in [0.4, 0.5) is 0 Å². The zero-order chi connectivity index (χ0) is 26.9. The number of unbranched alkanes of at least 4 members (excludes halogenated alkanes) is 2. The zero-order valence-corrected chi connectivity index (χ0v) is 23.2. The lowest BCUT2D eigenvalue weighted by atomic mass is 9.99. The van der Waals surface area contributed by atoms with E-state index in [-0.39, 0.29) is 5.71 Å². The quantitative estimate of drug-likeness (QED) is 0.0663. The van der Waals surface area contributed by atoms with Crippen LogP contribution in [0.2, 0.25) is 0 Å². The van der Waals surface area contributed by atoms with Gasteiger partial charge in [0.05, 0.1) is 0 Å². The first-order valence-corrected chi connectivity index (χ1v) is 15.6. The first kappa shape index (κ1) is 30.6. The molecule has 0 aliphatic carbocycles. The molecule has 0 aromatic heterocycles. The van der Waals surface area contributed by atoms with Crippen molar-refractivity contribution in [2.24, 2.45) is 5.16 Å². The normalized spacial score (nSPS) is 12.6. The molecule has 1 N–H and O–H groups in total. The van der Waals surface area contributed by atoms with E-state index < -0.39 is 16.5 Å². The van der Waals surface area contributed by atoms with Crippen molar-refractivity contribution < 1.29 is 22.4 Å². The summed E-state index contributed by atoms with van der Waals surface area (Å²) < 4.78 is 37.4. The molecule has 0 aliphatic heterocycles. The van der Waals surface area contributed by atoms with E-state index in [0.29, 0.717) is 22.0 Å². The van der Waals surface area contributed by atoms with E-state index in [1.165, 1.54) is 48.5 Å². The van der Waals surface area contributed by atoms with Gasteiger partial charge >= 0.3 is 0 Å². The molecular formula is C29H37NO5S2. The Labute approximate surface area is 224 Å². The van der Waals surface area contributed by atoms with Crippen LogP contribution in [0.1, 0.15) is 62.3 Å². The van der Waals surface area contributed by atoms with Crippen molar-refractivity contribution in [3.05, 3.63) is 108 Å². The van der Waals surface area contributed by atoms with Crippen molar-refractivity contribution in [3.63, 3.8) is 0 Å². The van der Waals surface area contributed by atoms with E-state index in [2.05, 4.69) is 53.5 Å². The molecule has 3 rings (SSSR count). The highest BCUT2D eigenvalue weighted by molar-refractivity contribution is 7.96. The van der Waals surface area contributed by atoms with E-state index in [9.17, 15) is 18.2 Å². The number of benzene rings is 3. The minimum Gasteiger partial charge on any atom is -0.725 e. The molecule has 0 bridgehead atoms. The van der Waals surface area contributed by atoms with Gasteiger partial charge in [0, 0.05) is 11.1 Å². The number of hydrogen-bond acceptors (Lipinski definition) is 6. The molecule has 37 heavy (non-hydrogen) atoms. The first-order chi connectivity index (χ1) is 17.9. The summed E-state index contributed by atoms with van der Waals surface area (Å²) in [5.41, 5.74) is 2.28. The Morgan fingerprint density at radius 3 is 1.81 bits per heavy atom. The third-order valence-corrected chi connectivity index (χ3v) is 8.43. The number of oxime groups is 1. The lowest BCUT2D eigenvalue weighted by Gasteiger charge is -2.20. The van der Waals surface area contributed by atoms with Crippen molar-refractivity contribution in [1.82, 2.24) is 0 Å². The molecule has 3 aromatic rings. The maximum Gasteiger partial charge on any atom is 0.218 e. The molecule has 200 valence electrons. The molecule has 0 heterocycles.